The third-order valence-electron chi connectivity index (χ3n) is 4.17. The Morgan fingerprint density at radius 2 is 1.88 bits per heavy atom. The summed E-state index contributed by atoms with van der Waals surface area (Å²) in [4.78, 5) is 2.59. The first-order valence-electron chi connectivity index (χ1n) is 6.33. The van der Waals surface area contributed by atoms with Crippen LogP contribution in [-0.4, -0.2) is 24.0 Å². The molecule has 0 N–H and O–H groups in total. The summed E-state index contributed by atoms with van der Waals surface area (Å²) in [7, 11) is 2.30. The van der Waals surface area contributed by atoms with Crippen molar-refractivity contribution in [1.29, 1.82) is 0 Å². The SMILES string of the molecule is CN1C2CCC=C(c3ccccc3)C1CC2. The van der Waals surface area contributed by atoms with Gasteiger partial charge in [-0.15, -0.1) is 0 Å². The third-order valence-corrected chi connectivity index (χ3v) is 4.17. The third kappa shape index (κ3) is 1.60. The number of hydrogen-bond donors (Lipinski definition) is 0. The van der Waals surface area contributed by atoms with Crippen LogP contribution in [0.25, 0.3) is 5.57 Å². The van der Waals surface area contributed by atoms with Crippen molar-refractivity contribution in [2.45, 2.75) is 37.8 Å². The highest BCUT2D eigenvalue weighted by molar-refractivity contribution is 5.70. The zero-order valence-corrected chi connectivity index (χ0v) is 9.89. The molecule has 1 saturated heterocycles. The number of rotatable bonds is 1. The lowest BCUT2D eigenvalue weighted by Gasteiger charge is -2.25. The average Bonchev–Trinajstić information content (AvgIpc) is 2.56. The van der Waals surface area contributed by atoms with Crippen molar-refractivity contribution in [3.63, 3.8) is 0 Å². The molecule has 0 aromatic heterocycles. The summed E-state index contributed by atoms with van der Waals surface area (Å²) < 4.78 is 0. The molecule has 1 fully saturated rings. The molecule has 0 spiro atoms. The van der Waals surface area contributed by atoms with E-state index < -0.39 is 0 Å². The Balaban J connectivity index is 1.97. The van der Waals surface area contributed by atoms with E-state index in [4.69, 9.17) is 0 Å². The predicted molar refractivity (Wildman–Crippen MR) is 68.2 cm³/mol. The van der Waals surface area contributed by atoms with Gasteiger partial charge in [0.2, 0.25) is 0 Å². The number of allylic oxidation sites excluding steroid dienone is 1. The van der Waals surface area contributed by atoms with Gasteiger partial charge >= 0.3 is 0 Å². The Labute approximate surface area is 97.8 Å². The van der Waals surface area contributed by atoms with Crippen molar-refractivity contribution < 1.29 is 0 Å². The summed E-state index contributed by atoms with van der Waals surface area (Å²) in [5, 5.41) is 0. The highest BCUT2D eigenvalue weighted by Crippen LogP contribution is 2.37. The monoisotopic (exact) mass is 213 g/mol. The lowest BCUT2D eigenvalue weighted by Crippen LogP contribution is -2.31. The van der Waals surface area contributed by atoms with Crippen LogP contribution in [0, 0.1) is 0 Å². The second-order valence-corrected chi connectivity index (χ2v) is 5.02. The van der Waals surface area contributed by atoms with Crippen LogP contribution in [0.4, 0.5) is 0 Å². The fourth-order valence-corrected chi connectivity index (χ4v) is 3.24. The predicted octanol–water partition coefficient (Wildman–Crippen LogP) is 3.33. The largest absolute Gasteiger partial charge is 0.296 e. The summed E-state index contributed by atoms with van der Waals surface area (Å²) in [6, 6.07) is 12.4. The summed E-state index contributed by atoms with van der Waals surface area (Å²) in [5.41, 5.74) is 2.98. The molecule has 2 heterocycles. The molecule has 84 valence electrons. The first kappa shape index (κ1) is 10.1. The van der Waals surface area contributed by atoms with Crippen LogP contribution in [0.2, 0.25) is 0 Å². The van der Waals surface area contributed by atoms with Gasteiger partial charge in [0.1, 0.15) is 0 Å². The van der Waals surface area contributed by atoms with E-state index in [1.165, 1.54) is 31.2 Å². The van der Waals surface area contributed by atoms with E-state index in [1.54, 1.807) is 5.57 Å². The number of fused-ring (bicyclic) bond motifs is 2. The van der Waals surface area contributed by atoms with E-state index in [2.05, 4.69) is 48.4 Å². The minimum atomic E-state index is 0.662. The maximum atomic E-state index is 2.59. The molecule has 0 saturated carbocycles. The minimum Gasteiger partial charge on any atom is -0.296 e. The van der Waals surface area contributed by atoms with Crippen molar-refractivity contribution in [3.05, 3.63) is 42.0 Å². The average molecular weight is 213 g/mol. The molecule has 3 rings (SSSR count). The van der Waals surface area contributed by atoms with Crippen molar-refractivity contribution >= 4 is 5.57 Å². The first-order chi connectivity index (χ1) is 7.86. The molecule has 2 unspecified atom stereocenters. The number of likely N-dealkylation sites (N-methyl/N-ethyl adjacent to an activating group) is 1. The van der Waals surface area contributed by atoms with Crippen LogP contribution in [0.3, 0.4) is 0 Å². The van der Waals surface area contributed by atoms with Gasteiger partial charge in [0.15, 0.2) is 0 Å². The van der Waals surface area contributed by atoms with Gasteiger partial charge in [-0.3, -0.25) is 4.90 Å². The van der Waals surface area contributed by atoms with Crippen LogP contribution >= 0.6 is 0 Å². The molecule has 2 atom stereocenters. The van der Waals surface area contributed by atoms with Crippen LogP contribution in [0.1, 0.15) is 31.2 Å². The van der Waals surface area contributed by atoms with Crippen LogP contribution in [-0.2, 0) is 0 Å². The Bertz CT molecular complexity index is 393. The lowest BCUT2D eigenvalue weighted by molar-refractivity contribution is 0.271. The van der Waals surface area contributed by atoms with Crippen molar-refractivity contribution in [1.82, 2.24) is 4.90 Å². The van der Waals surface area contributed by atoms with Gasteiger partial charge in [-0.2, -0.15) is 0 Å². The van der Waals surface area contributed by atoms with Crippen molar-refractivity contribution in [3.8, 4) is 0 Å². The van der Waals surface area contributed by atoms with E-state index in [0.717, 1.165) is 6.04 Å². The van der Waals surface area contributed by atoms with Crippen molar-refractivity contribution in [2.75, 3.05) is 7.05 Å². The fraction of sp³-hybridized carbons (Fsp3) is 0.467. The van der Waals surface area contributed by atoms with E-state index in [-0.39, 0.29) is 0 Å². The Kier molecular flexibility index (Phi) is 2.56. The zero-order chi connectivity index (χ0) is 11.0. The second kappa shape index (κ2) is 4.06. The Morgan fingerprint density at radius 3 is 2.69 bits per heavy atom. The molecule has 0 aliphatic carbocycles. The van der Waals surface area contributed by atoms with Gasteiger partial charge in [-0.05, 0) is 43.9 Å². The summed E-state index contributed by atoms with van der Waals surface area (Å²) >= 11 is 0. The zero-order valence-electron chi connectivity index (χ0n) is 9.89. The molecular formula is C15H19N. The number of hydrogen-bond acceptors (Lipinski definition) is 1. The molecule has 16 heavy (non-hydrogen) atoms. The topological polar surface area (TPSA) is 3.24 Å². The molecule has 1 aromatic rings. The molecule has 0 amide bonds. The standard InChI is InChI=1S/C15H19N/c1-16-13-8-5-9-14(15(16)11-10-13)12-6-3-2-4-7-12/h2-4,6-7,9,13,15H,5,8,10-11H2,1H3. The quantitative estimate of drug-likeness (QED) is 0.691. The normalized spacial score (nSPS) is 29.9. The molecule has 0 radical (unpaired) electrons. The fourth-order valence-electron chi connectivity index (χ4n) is 3.24. The van der Waals surface area contributed by atoms with Crippen molar-refractivity contribution in [2.24, 2.45) is 0 Å². The summed E-state index contributed by atoms with van der Waals surface area (Å²) in [6.45, 7) is 0. The van der Waals surface area contributed by atoms with E-state index in [9.17, 15) is 0 Å². The van der Waals surface area contributed by atoms with E-state index in [1.807, 2.05) is 0 Å². The van der Waals surface area contributed by atoms with Crippen LogP contribution in [0.5, 0.6) is 0 Å². The van der Waals surface area contributed by atoms with Gasteiger partial charge < -0.3 is 0 Å². The molecule has 2 bridgehead atoms. The van der Waals surface area contributed by atoms with Crippen LogP contribution < -0.4 is 0 Å². The first-order valence-corrected chi connectivity index (χ1v) is 6.33. The Morgan fingerprint density at radius 1 is 1.06 bits per heavy atom. The van der Waals surface area contributed by atoms with Gasteiger partial charge in [0, 0.05) is 12.1 Å². The molecule has 2 aliphatic rings. The van der Waals surface area contributed by atoms with Crippen LogP contribution in [0.15, 0.2) is 36.4 Å². The molecule has 2 aliphatic heterocycles. The number of benzene rings is 1. The highest BCUT2D eigenvalue weighted by Gasteiger charge is 2.34. The van der Waals surface area contributed by atoms with Gasteiger partial charge in [0.25, 0.3) is 0 Å². The van der Waals surface area contributed by atoms with Gasteiger partial charge in [0.05, 0.1) is 0 Å². The molecule has 1 heteroatoms. The number of nitrogens with zero attached hydrogens (tertiary/aromatic N) is 1. The van der Waals surface area contributed by atoms with E-state index >= 15 is 0 Å². The maximum Gasteiger partial charge on any atom is 0.0351 e. The highest BCUT2D eigenvalue weighted by atomic mass is 15.2. The van der Waals surface area contributed by atoms with Gasteiger partial charge in [-0.1, -0.05) is 36.4 Å². The molecule has 1 aromatic carbocycles. The molecular weight excluding hydrogens is 194 g/mol. The molecule has 1 nitrogen and oxygen atoms in total. The second-order valence-electron chi connectivity index (χ2n) is 5.02. The minimum absolute atomic E-state index is 0.662. The summed E-state index contributed by atoms with van der Waals surface area (Å²) in [5.74, 6) is 0. The summed E-state index contributed by atoms with van der Waals surface area (Å²) in [6.07, 6.45) is 7.77. The van der Waals surface area contributed by atoms with E-state index in [0.29, 0.717) is 6.04 Å². The lowest BCUT2D eigenvalue weighted by atomic mass is 9.94. The smallest absolute Gasteiger partial charge is 0.0351 e. The Hall–Kier alpha value is -1.08. The van der Waals surface area contributed by atoms with Gasteiger partial charge in [-0.25, -0.2) is 0 Å². The maximum absolute atomic E-state index is 2.59.